The van der Waals surface area contributed by atoms with Crippen molar-refractivity contribution < 1.29 is 13.9 Å². The molecule has 4 nitrogen and oxygen atoms in total. The van der Waals surface area contributed by atoms with Gasteiger partial charge < -0.3 is 15.8 Å². The van der Waals surface area contributed by atoms with Crippen LogP contribution in [0, 0.1) is 5.82 Å². The Hall–Kier alpha value is -1.40. The number of carbonyl (C=O) groups is 1. The Balaban J connectivity index is 2.50. The van der Waals surface area contributed by atoms with Gasteiger partial charge in [0.1, 0.15) is 5.82 Å². The molecule has 19 heavy (non-hydrogen) atoms. The smallest absolute Gasteiger partial charge is 0.252 e. The number of ether oxygens (including phenoxy) is 1. The lowest BCUT2D eigenvalue weighted by Crippen LogP contribution is -2.27. The number of nitrogen functional groups attached to an aromatic ring is 1. The zero-order valence-corrected chi connectivity index (χ0v) is 12.2. The van der Waals surface area contributed by atoms with Crippen molar-refractivity contribution in [1.82, 2.24) is 5.32 Å². The van der Waals surface area contributed by atoms with Gasteiger partial charge in [0.05, 0.1) is 24.5 Å². The Labute approximate surface area is 119 Å². The van der Waals surface area contributed by atoms with Crippen LogP contribution >= 0.6 is 15.9 Å². The lowest BCUT2D eigenvalue weighted by Gasteiger charge is -2.09. The van der Waals surface area contributed by atoms with Crippen LogP contribution in [0.5, 0.6) is 0 Å². The minimum Gasteiger partial charge on any atom is -0.396 e. The van der Waals surface area contributed by atoms with Gasteiger partial charge in [0.25, 0.3) is 5.91 Å². The van der Waals surface area contributed by atoms with Gasteiger partial charge in [-0.2, -0.15) is 0 Å². The predicted molar refractivity (Wildman–Crippen MR) is 76.5 cm³/mol. The number of nitrogens with one attached hydrogen (secondary N) is 1. The van der Waals surface area contributed by atoms with Crippen molar-refractivity contribution in [3.63, 3.8) is 0 Å². The molecule has 0 bridgehead atoms. The Morgan fingerprint density at radius 1 is 1.58 bits per heavy atom. The van der Waals surface area contributed by atoms with Crippen LogP contribution in [-0.4, -0.2) is 25.7 Å². The number of hydrogen-bond acceptors (Lipinski definition) is 3. The SMILES string of the molecule is C=C(C)COCCNC(=O)c1cc(N)c(F)cc1Br. The van der Waals surface area contributed by atoms with Gasteiger partial charge in [0.15, 0.2) is 0 Å². The first-order chi connectivity index (χ1) is 8.91. The molecule has 0 unspecified atom stereocenters. The lowest BCUT2D eigenvalue weighted by molar-refractivity contribution is 0.0926. The fourth-order valence-electron chi connectivity index (χ4n) is 1.32. The van der Waals surface area contributed by atoms with Crippen molar-refractivity contribution in [2.24, 2.45) is 0 Å². The van der Waals surface area contributed by atoms with Crippen LogP contribution < -0.4 is 11.1 Å². The second-order valence-corrected chi connectivity index (χ2v) is 4.97. The normalized spacial score (nSPS) is 10.3. The summed E-state index contributed by atoms with van der Waals surface area (Å²) < 4.78 is 18.7. The molecule has 0 atom stereocenters. The van der Waals surface area contributed by atoms with Crippen LogP contribution in [0.1, 0.15) is 17.3 Å². The van der Waals surface area contributed by atoms with E-state index < -0.39 is 5.82 Å². The summed E-state index contributed by atoms with van der Waals surface area (Å²) in [5.74, 6) is -0.897. The van der Waals surface area contributed by atoms with Crippen LogP contribution in [0.25, 0.3) is 0 Å². The molecule has 0 heterocycles. The highest BCUT2D eigenvalue weighted by Crippen LogP contribution is 2.22. The van der Waals surface area contributed by atoms with E-state index in [9.17, 15) is 9.18 Å². The van der Waals surface area contributed by atoms with Crippen molar-refractivity contribution in [3.8, 4) is 0 Å². The van der Waals surface area contributed by atoms with Gasteiger partial charge in [-0.3, -0.25) is 4.79 Å². The molecule has 0 aliphatic rings. The zero-order chi connectivity index (χ0) is 14.4. The maximum Gasteiger partial charge on any atom is 0.252 e. The molecule has 3 N–H and O–H groups in total. The highest BCUT2D eigenvalue weighted by atomic mass is 79.9. The second-order valence-electron chi connectivity index (χ2n) is 4.12. The van der Waals surface area contributed by atoms with Gasteiger partial charge >= 0.3 is 0 Å². The summed E-state index contributed by atoms with van der Waals surface area (Å²) in [7, 11) is 0. The second kappa shape index (κ2) is 7.25. The van der Waals surface area contributed by atoms with E-state index in [1.807, 2.05) is 6.92 Å². The minimum atomic E-state index is -0.562. The van der Waals surface area contributed by atoms with E-state index in [0.29, 0.717) is 29.8 Å². The summed E-state index contributed by atoms with van der Waals surface area (Å²) in [5.41, 5.74) is 6.57. The summed E-state index contributed by atoms with van der Waals surface area (Å²) in [6, 6.07) is 2.46. The summed E-state index contributed by atoms with van der Waals surface area (Å²) >= 11 is 3.12. The van der Waals surface area contributed by atoms with Gasteiger partial charge in [-0.25, -0.2) is 4.39 Å². The van der Waals surface area contributed by atoms with E-state index in [2.05, 4.69) is 27.8 Å². The van der Waals surface area contributed by atoms with Crippen LogP contribution in [0.3, 0.4) is 0 Å². The summed E-state index contributed by atoms with van der Waals surface area (Å²) in [6.45, 7) is 6.76. The number of hydrogen-bond donors (Lipinski definition) is 2. The highest BCUT2D eigenvalue weighted by Gasteiger charge is 2.12. The maximum absolute atomic E-state index is 13.1. The predicted octanol–water partition coefficient (Wildman–Crippen LogP) is 2.49. The third-order valence-corrected chi connectivity index (χ3v) is 2.87. The Bertz CT molecular complexity index is 492. The molecule has 0 aliphatic carbocycles. The standard InChI is InChI=1S/C13H16BrFN2O2/c1-8(2)7-19-4-3-17-13(18)9-5-12(16)11(15)6-10(9)14/h5-6H,1,3-4,7,16H2,2H3,(H,17,18). The molecule has 0 spiro atoms. The van der Waals surface area contributed by atoms with Crippen molar-refractivity contribution in [3.05, 3.63) is 40.1 Å². The van der Waals surface area contributed by atoms with E-state index in [1.165, 1.54) is 12.1 Å². The number of anilines is 1. The molecular formula is C13H16BrFN2O2. The number of amides is 1. The van der Waals surface area contributed by atoms with E-state index in [1.54, 1.807) is 0 Å². The van der Waals surface area contributed by atoms with E-state index >= 15 is 0 Å². The molecule has 0 aliphatic heterocycles. The minimum absolute atomic E-state index is 0.0631. The molecule has 0 radical (unpaired) electrons. The number of halogens is 2. The van der Waals surface area contributed by atoms with Crippen LogP contribution in [-0.2, 0) is 4.74 Å². The van der Waals surface area contributed by atoms with Gasteiger partial charge in [-0.05, 0) is 35.0 Å². The highest BCUT2D eigenvalue weighted by molar-refractivity contribution is 9.10. The van der Waals surface area contributed by atoms with E-state index in [-0.39, 0.29) is 11.6 Å². The molecule has 1 rings (SSSR count). The largest absolute Gasteiger partial charge is 0.396 e. The first-order valence-corrected chi connectivity index (χ1v) is 6.46. The monoisotopic (exact) mass is 330 g/mol. The quantitative estimate of drug-likeness (QED) is 0.478. The molecule has 1 aromatic rings. The fourth-order valence-corrected chi connectivity index (χ4v) is 1.81. The molecule has 1 amide bonds. The molecular weight excluding hydrogens is 315 g/mol. The Kier molecular flexibility index (Phi) is 5.98. The maximum atomic E-state index is 13.1. The molecule has 104 valence electrons. The fraction of sp³-hybridized carbons (Fsp3) is 0.308. The molecule has 1 aromatic carbocycles. The number of nitrogens with two attached hydrogens (primary N) is 1. The van der Waals surface area contributed by atoms with Crippen LogP contribution in [0.4, 0.5) is 10.1 Å². The summed E-state index contributed by atoms with van der Waals surface area (Å²) in [5, 5.41) is 2.66. The van der Waals surface area contributed by atoms with E-state index in [0.717, 1.165) is 5.57 Å². The summed E-state index contributed by atoms with van der Waals surface area (Å²) in [6.07, 6.45) is 0. The van der Waals surface area contributed by atoms with Crippen LogP contribution in [0.15, 0.2) is 28.8 Å². The molecule has 0 saturated carbocycles. The number of benzene rings is 1. The van der Waals surface area contributed by atoms with Crippen molar-refractivity contribution in [2.45, 2.75) is 6.92 Å². The van der Waals surface area contributed by atoms with E-state index in [4.69, 9.17) is 10.5 Å². The molecule has 0 fully saturated rings. The zero-order valence-electron chi connectivity index (χ0n) is 10.6. The van der Waals surface area contributed by atoms with Gasteiger partial charge in [0.2, 0.25) is 0 Å². The average molecular weight is 331 g/mol. The van der Waals surface area contributed by atoms with Gasteiger partial charge in [0, 0.05) is 11.0 Å². The van der Waals surface area contributed by atoms with Gasteiger partial charge in [-0.1, -0.05) is 12.2 Å². The van der Waals surface area contributed by atoms with Crippen LogP contribution in [0.2, 0.25) is 0 Å². The third kappa shape index (κ3) is 5.00. The van der Waals surface area contributed by atoms with Crippen molar-refractivity contribution in [1.29, 1.82) is 0 Å². The molecule has 0 aromatic heterocycles. The van der Waals surface area contributed by atoms with Crippen molar-refractivity contribution >= 4 is 27.5 Å². The molecule has 6 heteroatoms. The number of carbonyl (C=O) groups excluding carboxylic acids is 1. The molecule has 0 saturated heterocycles. The Morgan fingerprint density at radius 3 is 2.89 bits per heavy atom. The number of rotatable bonds is 6. The third-order valence-electron chi connectivity index (χ3n) is 2.21. The average Bonchev–Trinajstić information content (AvgIpc) is 2.32. The lowest BCUT2D eigenvalue weighted by atomic mass is 10.2. The Morgan fingerprint density at radius 2 is 2.26 bits per heavy atom. The van der Waals surface area contributed by atoms with Gasteiger partial charge in [-0.15, -0.1) is 0 Å². The first-order valence-electron chi connectivity index (χ1n) is 5.66. The van der Waals surface area contributed by atoms with Crippen molar-refractivity contribution in [2.75, 3.05) is 25.5 Å². The summed E-state index contributed by atoms with van der Waals surface area (Å²) in [4.78, 5) is 11.8. The first kappa shape index (κ1) is 15.7. The topological polar surface area (TPSA) is 64.3 Å².